The summed E-state index contributed by atoms with van der Waals surface area (Å²) in [6, 6.07) is 8.76. The van der Waals surface area contributed by atoms with Crippen LogP contribution < -0.4 is 5.73 Å². The molecule has 0 fully saturated rings. The summed E-state index contributed by atoms with van der Waals surface area (Å²) in [7, 11) is 0. The molecule has 1 unspecified atom stereocenters. The molecular formula is C14H23NS. The fraction of sp³-hybridized carbons (Fsp3) is 0.571. The lowest BCUT2D eigenvalue weighted by Crippen LogP contribution is -2.09. The molecule has 0 aliphatic carbocycles. The van der Waals surface area contributed by atoms with Gasteiger partial charge in [-0.1, -0.05) is 49.6 Å². The normalized spacial score (nSPS) is 12.7. The van der Waals surface area contributed by atoms with Crippen LogP contribution in [0.1, 0.15) is 42.6 Å². The number of nitrogens with two attached hydrogens (primary N) is 1. The number of aryl methyl sites for hydroxylation is 1. The molecule has 90 valence electrons. The van der Waals surface area contributed by atoms with Gasteiger partial charge in [-0.25, -0.2) is 0 Å². The van der Waals surface area contributed by atoms with Crippen molar-refractivity contribution >= 4 is 11.8 Å². The average Bonchev–Trinajstić information content (AvgIpc) is 2.31. The van der Waals surface area contributed by atoms with Crippen molar-refractivity contribution in [3.8, 4) is 0 Å². The van der Waals surface area contributed by atoms with Gasteiger partial charge in [-0.2, -0.15) is 11.8 Å². The van der Waals surface area contributed by atoms with E-state index in [4.69, 9.17) is 5.73 Å². The largest absolute Gasteiger partial charge is 0.329 e. The van der Waals surface area contributed by atoms with Crippen LogP contribution in [0.3, 0.4) is 0 Å². The van der Waals surface area contributed by atoms with Gasteiger partial charge in [0.05, 0.1) is 0 Å². The molecule has 0 aliphatic heterocycles. The van der Waals surface area contributed by atoms with Crippen molar-refractivity contribution in [1.29, 1.82) is 0 Å². The van der Waals surface area contributed by atoms with Crippen molar-refractivity contribution in [1.82, 2.24) is 0 Å². The SMILES string of the molecule is CCCCCSC(CN)c1ccc(C)cc1. The molecule has 0 spiro atoms. The van der Waals surface area contributed by atoms with Gasteiger partial charge in [0, 0.05) is 11.8 Å². The van der Waals surface area contributed by atoms with Crippen LogP contribution in [0.2, 0.25) is 0 Å². The molecule has 0 bridgehead atoms. The molecule has 0 saturated carbocycles. The summed E-state index contributed by atoms with van der Waals surface area (Å²) in [6.07, 6.45) is 3.93. The van der Waals surface area contributed by atoms with Crippen molar-refractivity contribution < 1.29 is 0 Å². The fourth-order valence-corrected chi connectivity index (χ4v) is 2.80. The van der Waals surface area contributed by atoms with Gasteiger partial charge in [-0.05, 0) is 24.7 Å². The Morgan fingerprint density at radius 1 is 1.19 bits per heavy atom. The molecule has 0 radical (unpaired) electrons. The third-order valence-corrected chi connectivity index (χ3v) is 4.12. The lowest BCUT2D eigenvalue weighted by molar-refractivity contribution is 0.776. The third kappa shape index (κ3) is 4.58. The van der Waals surface area contributed by atoms with Crippen LogP contribution in [0.5, 0.6) is 0 Å². The van der Waals surface area contributed by atoms with E-state index < -0.39 is 0 Å². The molecule has 0 amide bonds. The Labute approximate surface area is 104 Å². The number of hydrogen-bond acceptors (Lipinski definition) is 2. The second-order valence-corrected chi connectivity index (χ2v) is 5.52. The zero-order chi connectivity index (χ0) is 11.8. The molecule has 1 nitrogen and oxygen atoms in total. The molecule has 0 heterocycles. The molecule has 0 aliphatic rings. The predicted octanol–water partition coefficient (Wildman–Crippen LogP) is 3.92. The van der Waals surface area contributed by atoms with E-state index in [9.17, 15) is 0 Å². The van der Waals surface area contributed by atoms with Gasteiger partial charge in [0.25, 0.3) is 0 Å². The minimum atomic E-state index is 0.470. The molecule has 2 N–H and O–H groups in total. The molecule has 0 saturated heterocycles. The summed E-state index contributed by atoms with van der Waals surface area (Å²) in [5.41, 5.74) is 8.52. The molecule has 1 aromatic carbocycles. The average molecular weight is 237 g/mol. The van der Waals surface area contributed by atoms with Crippen molar-refractivity contribution in [2.75, 3.05) is 12.3 Å². The summed E-state index contributed by atoms with van der Waals surface area (Å²) in [5.74, 6) is 1.23. The lowest BCUT2D eigenvalue weighted by Gasteiger charge is -2.15. The number of unbranched alkanes of at least 4 members (excludes halogenated alkanes) is 2. The minimum absolute atomic E-state index is 0.470. The standard InChI is InChI=1S/C14H23NS/c1-3-4-5-10-16-14(11-15)13-8-6-12(2)7-9-13/h6-9,14H,3-5,10-11,15H2,1-2H3. The Morgan fingerprint density at radius 3 is 2.44 bits per heavy atom. The van der Waals surface area contributed by atoms with Crippen LogP contribution in [0, 0.1) is 6.92 Å². The van der Waals surface area contributed by atoms with Gasteiger partial charge in [-0.3, -0.25) is 0 Å². The Balaban J connectivity index is 2.44. The molecule has 1 aromatic rings. The first-order valence-corrected chi connectivity index (χ1v) is 7.21. The molecule has 2 heteroatoms. The van der Waals surface area contributed by atoms with E-state index in [2.05, 4.69) is 38.1 Å². The smallest absolute Gasteiger partial charge is 0.0419 e. The van der Waals surface area contributed by atoms with E-state index in [1.165, 1.54) is 36.1 Å². The van der Waals surface area contributed by atoms with Gasteiger partial charge in [0.2, 0.25) is 0 Å². The monoisotopic (exact) mass is 237 g/mol. The van der Waals surface area contributed by atoms with Crippen molar-refractivity contribution in [3.05, 3.63) is 35.4 Å². The lowest BCUT2D eigenvalue weighted by atomic mass is 10.1. The van der Waals surface area contributed by atoms with Gasteiger partial charge < -0.3 is 5.73 Å². The zero-order valence-electron chi connectivity index (χ0n) is 10.4. The Morgan fingerprint density at radius 2 is 1.88 bits per heavy atom. The van der Waals surface area contributed by atoms with Crippen molar-refractivity contribution in [2.45, 2.75) is 38.4 Å². The highest BCUT2D eigenvalue weighted by Gasteiger charge is 2.09. The summed E-state index contributed by atoms with van der Waals surface area (Å²) in [6.45, 7) is 5.10. The molecule has 1 rings (SSSR count). The maximum Gasteiger partial charge on any atom is 0.0419 e. The predicted molar refractivity (Wildman–Crippen MR) is 75.0 cm³/mol. The van der Waals surface area contributed by atoms with Gasteiger partial charge >= 0.3 is 0 Å². The summed E-state index contributed by atoms with van der Waals surface area (Å²) in [5, 5.41) is 0.470. The van der Waals surface area contributed by atoms with E-state index in [-0.39, 0.29) is 0 Å². The van der Waals surface area contributed by atoms with E-state index in [1.54, 1.807) is 0 Å². The van der Waals surface area contributed by atoms with Crippen LogP contribution >= 0.6 is 11.8 Å². The Hall–Kier alpha value is -0.470. The van der Waals surface area contributed by atoms with Crippen LogP contribution in [0.25, 0.3) is 0 Å². The van der Waals surface area contributed by atoms with E-state index in [1.807, 2.05) is 11.8 Å². The van der Waals surface area contributed by atoms with Crippen LogP contribution in [-0.4, -0.2) is 12.3 Å². The number of thioether (sulfide) groups is 1. The van der Waals surface area contributed by atoms with Gasteiger partial charge in [0.1, 0.15) is 0 Å². The topological polar surface area (TPSA) is 26.0 Å². The summed E-state index contributed by atoms with van der Waals surface area (Å²) < 4.78 is 0. The first-order chi connectivity index (χ1) is 7.77. The Bertz CT molecular complexity index is 281. The summed E-state index contributed by atoms with van der Waals surface area (Å²) >= 11 is 2.00. The maximum absolute atomic E-state index is 5.84. The van der Waals surface area contributed by atoms with E-state index in [0.717, 1.165) is 6.54 Å². The van der Waals surface area contributed by atoms with Crippen molar-refractivity contribution in [2.24, 2.45) is 5.73 Å². The van der Waals surface area contributed by atoms with Crippen LogP contribution in [0.15, 0.2) is 24.3 Å². The zero-order valence-corrected chi connectivity index (χ0v) is 11.2. The highest BCUT2D eigenvalue weighted by atomic mass is 32.2. The molecule has 16 heavy (non-hydrogen) atoms. The number of benzene rings is 1. The van der Waals surface area contributed by atoms with Crippen LogP contribution in [0.4, 0.5) is 0 Å². The summed E-state index contributed by atoms with van der Waals surface area (Å²) in [4.78, 5) is 0. The third-order valence-electron chi connectivity index (χ3n) is 2.73. The fourth-order valence-electron chi connectivity index (χ4n) is 1.66. The quantitative estimate of drug-likeness (QED) is 0.727. The van der Waals surface area contributed by atoms with E-state index in [0.29, 0.717) is 5.25 Å². The second-order valence-electron chi connectivity index (χ2n) is 4.21. The molecule has 0 aromatic heterocycles. The number of rotatable bonds is 7. The first-order valence-electron chi connectivity index (χ1n) is 6.16. The molecule has 1 atom stereocenters. The van der Waals surface area contributed by atoms with Gasteiger partial charge in [0.15, 0.2) is 0 Å². The highest BCUT2D eigenvalue weighted by molar-refractivity contribution is 7.99. The maximum atomic E-state index is 5.84. The number of hydrogen-bond donors (Lipinski definition) is 1. The minimum Gasteiger partial charge on any atom is -0.329 e. The van der Waals surface area contributed by atoms with E-state index >= 15 is 0 Å². The van der Waals surface area contributed by atoms with Gasteiger partial charge in [-0.15, -0.1) is 0 Å². The highest BCUT2D eigenvalue weighted by Crippen LogP contribution is 2.28. The second kappa shape index (κ2) is 7.75. The first kappa shape index (κ1) is 13.6. The Kier molecular flexibility index (Phi) is 6.58. The molecular weight excluding hydrogens is 214 g/mol. The van der Waals surface area contributed by atoms with Crippen LogP contribution in [-0.2, 0) is 0 Å². The van der Waals surface area contributed by atoms with Crippen molar-refractivity contribution in [3.63, 3.8) is 0 Å².